The predicted molar refractivity (Wildman–Crippen MR) is 54.0 cm³/mol. The Morgan fingerprint density at radius 3 is 2.53 bits per heavy atom. The van der Waals surface area contributed by atoms with Gasteiger partial charge in [-0.25, -0.2) is 0 Å². The van der Waals surface area contributed by atoms with Crippen LogP contribution in [-0.2, 0) is 0 Å². The Hall–Kier alpha value is -1.55. The van der Waals surface area contributed by atoms with Crippen molar-refractivity contribution in [1.29, 1.82) is 0 Å². The molecule has 15 heavy (non-hydrogen) atoms. The molecular weight excluding hydrogens is 194 g/mol. The molecule has 1 aromatic carbocycles. The van der Waals surface area contributed by atoms with E-state index in [0.29, 0.717) is 0 Å². The van der Waals surface area contributed by atoms with E-state index in [0.717, 1.165) is 10.5 Å². The topological polar surface area (TPSA) is 63.6 Å². The van der Waals surface area contributed by atoms with Crippen molar-refractivity contribution in [1.82, 2.24) is 4.90 Å². The molecule has 1 aromatic rings. The van der Waals surface area contributed by atoms with E-state index in [-0.39, 0.29) is 19.2 Å². The number of carbonyl (C=O) groups excluding carboxylic acids is 1. The lowest BCUT2D eigenvalue weighted by Gasteiger charge is -2.31. The standard InChI is InChI=1S/C11H15NO3/c1-9(10-5-3-2-4-6-10)12(7-8-13)11(14)15/h2-6,9,13H,7-8H2,1H3,(H,14,15)/p-1. The summed E-state index contributed by atoms with van der Waals surface area (Å²) in [5.41, 5.74) is 0.884. The molecule has 0 radical (unpaired) electrons. The molecule has 0 aliphatic heterocycles. The number of rotatable bonds is 4. The molecule has 1 unspecified atom stereocenters. The third-order valence-electron chi connectivity index (χ3n) is 2.32. The summed E-state index contributed by atoms with van der Waals surface area (Å²) in [6.45, 7) is 1.63. The highest BCUT2D eigenvalue weighted by atomic mass is 16.4. The van der Waals surface area contributed by atoms with Gasteiger partial charge in [0.1, 0.15) is 6.09 Å². The Balaban J connectivity index is 2.81. The zero-order valence-electron chi connectivity index (χ0n) is 8.59. The molecule has 0 bridgehead atoms. The molecule has 1 amide bonds. The second-order valence-corrected chi connectivity index (χ2v) is 3.27. The Morgan fingerprint density at radius 1 is 1.47 bits per heavy atom. The molecule has 82 valence electrons. The molecule has 0 saturated heterocycles. The van der Waals surface area contributed by atoms with Gasteiger partial charge in [-0.15, -0.1) is 0 Å². The van der Waals surface area contributed by atoms with Crippen molar-refractivity contribution >= 4 is 6.09 Å². The van der Waals surface area contributed by atoms with E-state index < -0.39 is 6.09 Å². The Bertz CT molecular complexity index is 313. The smallest absolute Gasteiger partial charge is 0.137 e. The summed E-state index contributed by atoms with van der Waals surface area (Å²) in [4.78, 5) is 11.9. The van der Waals surface area contributed by atoms with Crippen LogP contribution >= 0.6 is 0 Å². The van der Waals surface area contributed by atoms with E-state index in [1.54, 1.807) is 6.92 Å². The fourth-order valence-corrected chi connectivity index (χ4v) is 1.46. The zero-order chi connectivity index (χ0) is 11.3. The van der Waals surface area contributed by atoms with Gasteiger partial charge in [0.05, 0.1) is 12.6 Å². The van der Waals surface area contributed by atoms with Gasteiger partial charge in [0.15, 0.2) is 0 Å². The van der Waals surface area contributed by atoms with Crippen LogP contribution in [0.15, 0.2) is 30.3 Å². The maximum absolute atomic E-state index is 10.8. The summed E-state index contributed by atoms with van der Waals surface area (Å²) in [6.07, 6.45) is -1.26. The molecule has 0 saturated carbocycles. The lowest BCUT2D eigenvalue weighted by molar-refractivity contribution is -0.268. The van der Waals surface area contributed by atoms with Gasteiger partial charge in [-0.05, 0) is 12.5 Å². The molecule has 0 aliphatic carbocycles. The fourth-order valence-electron chi connectivity index (χ4n) is 1.46. The average molecular weight is 208 g/mol. The number of benzene rings is 1. The molecule has 1 N–H and O–H groups in total. The number of carboxylic acid groups (broad SMARTS) is 1. The molecule has 0 aliphatic rings. The van der Waals surface area contributed by atoms with Gasteiger partial charge in [-0.2, -0.15) is 0 Å². The van der Waals surface area contributed by atoms with Crippen molar-refractivity contribution < 1.29 is 15.0 Å². The molecule has 1 rings (SSSR count). The van der Waals surface area contributed by atoms with E-state index in [9.17, 15) is 9.90 Å². The van der Waals surface area contributed by atoms with E-state index >= 15 is 0 Å². The highest BCUT2D eigenvalue weighted by Gasteiger charge is 2.14. The van der Waals surface area contributed by atoms with Crippen LogP contribution in [0.25, 0.3) is 0 Å². The van der Waals surface area contributed by atoms with E-state index in [4.69, 9.17) is 5.11 Å². The molecular formula is C11H14NO3-. The van der Waals surface area contributed by atoms with Crippen LogP contribution in [0, 0.1) is 0 Å². The summed E-state index contributed by atoms with van der Waals surface area (Å²) in [5, 5.41) is 19.6. The Labute approximate surface area is 88.8 Å². The van der Waals surface area contributed by atoms with E-state index in [2.05, 4.69) is 0 Å². The van der Waals surface area contributed by atoms with Gasteiger partial charge in [0, 0.05) is 6.54 Å². The second kappa shape index (κ2) is 5.36. The van der Waals surface area contributed by atoms with Gasteiger partial charge in [-0.3, -0.25) is 0 Å². The summed E-state index contributed by atoms with van der Waals surface area (Å²) in [5.74, 6) is 0. The van der Waals surface area contributed by atoms with Crippen LogP contribution in [0.2, 0.25) is 0 Å². The minimum absolute atomic E-state index is 0.0679. The Kier molecular flexibility index (Phi) is 4.12. The average Bonchev–Trinajstić information content (AvgIpc) is 2.26. The van der Waals surface area contributed by atoms with Crippen LogP contribution in [0.1, 0.15) is 18.5 Å². The molecule has 0 heterocycles. The molecule has 1 atom stereocenters. The number of aliphatic hydroxyl groups is 1. The number of nitrogens with zero attached hydrogens (tertiary/aromatic N) is 1. The maximum atomic E-state index is 10.8. The predicted octanol–water partition coefficient (Wildman–Crippen LogP) is 0.385. The van der Waals surface area contributed by atoms with Crippen molar-refractivity contribution in [3.05, 3.63) is 35.9 Å². The first-order valence-electron chi connectivity index (χ1n) is 4.80. The van der Waals surface area contributed by atoms with Crippen LogP contribution in [-0.4, -0.2) is 29.3 Å². The van der Waals surface area contributed by atoms with Crippen LogP contribution < -0.4 is 5.11 Å². The monoisotopic (exact) mass is 208 g/mol. The fraction of sp³-hybridized carbons (Fsp3) is 0.364. The number of hydrogen-bond acceptors (Lipinski definition) is 3. The largest absolute Gasteiger partial charge is 0.530 e. The van der Waals surface area contributed by atoms with Crippen molar-refractivity contribution in [2.45, 2.75) is 13.0 Å². The molecule has 0 spiro atoms. The minimum Gasteiger partial charge on any atom is -0.530 e. The zero-order valence-corrected chi connectivity index (χ0v) is 8.59. The molecule has 4 nitrogen and oxygen atoms in total. The first-order chi connectivity index (χ1) is 7.16. The van der Waals surface area contributed by atoms with Gasteiger partial charge in [0.25, 0.3) is 0 Å². The summed E-state index contributed by atoms with van der Waals surface area (Å²) >= 11 is 0. The van der Waals surface area contributed by atoms with E-state index in [1.807, 2.05) is 30.3 Å². The highest BCUT2D eigenvalue weighted by molar-refractivity contribution is 5.63. The van der Waals surface area contributed by atoms with E-state index in [1.165, 1.54) is 0 Å². The normalized spacial score (nSPS) is 12.1. The third-order valence-corrected chi connectivity index (χ3v) is 2.32. The summed E-state index contributed by atoms with van der Waals surface area (Å²) < 4.78 is 0. The quantitative estimate of drug-likeness (QED) is 0.778. The van der Waals surface area contributed by atoms with Crippen LogP contribution in [0.4, 0.5) is 4.79 Å². The van der Waals surface area contributed by atoms with Crippen molar-refractivity contribution in [2.24, 2.45) is 0 Å². The summed E-state index contributed by atoms with van der Waals surface area (Å²) in [7, 11) is 0. The second-order valence-electron chi connectivity index (χ2n) is 3.27. The molecule has 0 fully saturated rings. The first kappa shape index (κ1) is 11.5. The van der Waals surface area contributed by atoms with Crippen molar-refractivity contribution in [3.8, 4) is 0 Å². The SMILES string of the molecule is CC(c1ccccc1)N(CCO)C(=O)[O-]. The maximum Gasteiger partial charge on any atom is 0.137 e. The Morgan fingerprint density at radius 2 is 2.07 bits per heavy atom. The van der Waals surface area contributed by atoms with Gasteiger partial charge >= 0.3 is 0 Å². The lowest BCUT2D eigenvalue weighted by Crippen LogP contribution is -2.44. The van der Waals surface area contributed by atoms with Crippen molar-refractivity contribution in [2.75, 3.05) is 13.2 Å². The third kappa shape index (κ3) is 2.95. The van der Waals surface area contributed by atoms with Crippen LogP contribution in [0.5, 0.6) is 0 Å². The summed E-state index contributed by atoms with van der Waals surface area (Å²) in [6, 6.07) is 8.95. The van der Waals surface area contributed by atoms with Crippen LogP contribution in [0.3, 0.4) is 0 Å². The molecule has 0 aromatic heterocycles. The molecule has 4 heteroatoms. The van der Waals surface area contributed by atoms with Gasteiger partial charge < -0.3 is 19.9 Å². The van der Waals surface area contributed by atoms with Gasteiger partial charge in [-0.1, -0.05) is 30.3 Å². The first-order valence-corrected chi connectivity index (χ1v) is 4.80. The number of aliphatic hydroxyl groups excluding tert-OH is 1. The number of amides is 1. The van der Waals surface area contributed by atoms with Crippen molar-refractivity contribution in [3.63, 3.8) is 0 Å². The number of carbonyl (C=O) groups is 1. The number of hydrogen-bond donors (Lipinski definition) is 1. The van der Waals surface area contributed by atoms with Gasteiger partial charge in [0.2, 0.25) is 0 Å². The highest BCUT2D eigenvalue weighted by Crippen LogP contribution is 2.18. The lowest BCUT2D eigenvalue weighted by atomic mass is 10.1. The minimum atomic E-state index is -1.26.